The average Bonchev–Trinajstić information content (AvgIpc) is 2.87. The van der Waals surface area contributed by atoms with Crippen molar-refractivity contribution in [3.8, 4) is 23.0 Å². The SMILES string of the molecule is CCc1cc(C(C)(C)C)c(O)c(C(C)(C)C)c1.COc1ccc(O)c(C(C)(C)C)c1.Cc1cc(C(C)(C)C)c(O)c(C(C)(C)C)c1. The predicted octanol–water partition coefficient (Wildman–Crippen LogP) is 11.5. The third-order valence-corrected chi connectivity index (χ3v) is 8.08. The largest absolute Gasteiger partial charge is 0.508 e. The average molecular weight is 635 g/mol. The topological polar surface area (TPSA) is 69.9 Å². The monoisotopic (exact) mass is 634 g/mol. The first-order valence-corrected chi connectivity index (χ1v) is 16.6. The third-order valence-electron chi connectivity index (χ3n) is 8.08. The van der Waals surface area contributed by atoms with Gasteiger partial charge in [-0.3, -0.25) is 0 Å². The standard InChI is InChI=1S/C16H26O.C15H24O.C11H16O2/c1-8-11-9-12(15(2,3)4)14(17)13(10-11)16(5,6)7;1-10-8-11(14(2,3)4)13(16)12(9-10)15(5,6)7;1-11(2,3)9-7-8(13-4)5-6-10(9)12/h9-10,17H,8H2,1-7H3;8-9,16H,1-7H3;5-7,12H,1-4H3. The zero-order valence-electron chi connectivity index (χ0n) is 32.5. The number of methoxy groups -OCH3 is 1. The zero-order chi connectivity index (χ0) is 36.2. The lowest BCUT2D eigenvalue weighted by Crippen LogP contribution is -2.17. The molecule has 0 aromatic heterocycles. The highest BCUT2D eigenvalue weighted by Crippen LogP contribution is 2.41. The van der Waals surface area contributed by atoms with Gasteiger partial charge in [0.2, 0.25) is 0 Å². The Kier molecular flexibility index (Phi) is 13.1. The molecule has 0 bridgehead atoms. The molecule has 258 valence electrons. The van der Waals surface area contributed by atoms with Gasteiger partial charge in [-0.25, -0.2) is 0 Å². The minimum Gasteiger partial charge on any atom is -0.508 e. The lowest BCUT2D eigenvalue weighted by atomic mass is 9.78. The molecule has 3 aromatic carbocycles. The van der Waals surface area contributed by atoms with Crippen molar-refractivity contribution < 1.29 is 20.1 Å². The number of benzene rings is 3. The van der Waals surface area contributed by atoms with Crippen LogP contribution in [-0.2, 0) is 33.5 Å². The molecular formula is C42H66O4. The van der Waals surface area contributed by atoms with Gasteiger partial charge in [-0.15, -0.1) is 0 Å². The summed E-state index contributed by atoms with van der Waals surface area (Å²) in [6.07, 6.45) is 1.01. The molecule has 4 heteroatoms. The van der Waals surface area contributed by atoms with Crippen molar-refractivity contribution in [2.75, 3.05) is 7.11 Å². The summed E-state index contributed by atoms with van der Waals surface area (Å²) in [4.78, 5) is 0. The second-order valence-electron chi connectivity index (χ2n) is 17.7. The molecule has 0 amide bonds. The van der Waals surface area contributed by atoms with Gasteiger partial charge in [0.15, 0.2) is 0 Å². The van der Waals surface area contributed by atoms with E-state index in [1.807, 2.05) is 6.07 Å². The van der Waals surface area contributed by atoms with E-state index in [9.17, 15) is 15.3 Å². The molecule has 0 spiro atoms. The minimum absolute atomic E-state index is 0.0178. The molecule has 0 saturated heterocycles. The molecule has 4 nitrogen and oxygen atoms in total. The van der Waals surface area contributed by atoms with E-state index in [1.54, 1.807) is 19.2 Å². The van der Waals surface area contributed by atoms with Gasteiger partial charge in [-0.1, -0.05) is 141 Å². The van der Waals surface area contributed by atoms with Crippen LogP contribution in [0.25, 0.3) is 0 Å². The number of ether oxygens (including phenoxy) is 1. The molecule has 3 rings (SSSR count). The molecule has 0 aliphatic heterocycles. The van der Waals surface area contributed by atoms with Gasteiger partial charge >= 0.3 is 0 Å². The summed E-state index contributed by atoms with van der Waals surface area (Å²) in [6, 6.07) is 13.8. The first-order valence-electron chi connectivity index (χ1n) is 16.6. The molecule has 0 atom stereocenters. The maximum Gasteiger partial charge on any atom is 0.123 e. The number of aryl methyl sites for hydroxylation is 2. The van der Waals surface area contributed by atoms with Crippen LogP contribution in [0.5, 0.6) is 23.0 Å². The van der Waals surface area contributed by atoms with Gasteiger partial charge in [0.05, 0.1) is 7.11 Å². The predicted molar refractivity (Wildman–Crippen MR) is 198 cm³/mol. The number of hydrogen-bond donors (Lipinski definition) is 3. The summed E-state index contributed by atoms with van der Waals surface area (Å²) in [5, 5.41) is 30.5. The van der Waals surface area contributed by atoms with E-state index in [4.69, 9.17) is 4.74 Å². The van der Waals surface area contributed by atoms with Gasteiger partial charge in [0.1, 0.15) is 23.0 Å². The second kappa shape index (κ2) is 14.7. The molecule has 0 unspecified atom stereocenters. The Morgan fingerprint density at radius 3 is 1.11 bits per heavy atom. The van der Waals surface area contributed by atoms with Crippen molar-refractivity contribution in [3.05, 3.63) is 81.4 Å². The second-order valence-corrected chi connectivity index (χ2v) is 17.7. The maximum absolute atomic E-state index is 10.5. The van der Waals surface area contributed by atoms with Crippen LogP contribution in [0.4, 0.5) is 0 Å². The fraction of sp³-hybridized carbons (Fsp3) is 0.571. The van der Waals surface area contributed by atoms with Crippen LogP contribution in [-0.4, -0.2) is 22.4 Å². The Bertz CT molecular complexity index is 1370. The molecule has 0 heterocycles. The van der Waals surface area contributed by atoms with Gasteiger partial charge in [0.25, 0.3) is 0 Å². The summed E-state index contributed by atoms with van der Waals surface area (Å²) >= 11 is 0. The first-order chi connectivity index (χ1) is 20.5. The van der Waals surface area contributed by atoms with E-state index in [2.05, 4.69) is 142 Å². The number of hydrogen-bond acceptors (Lipinski definition) is 4. The van der Waals surface area contributed by atoms with E-state index < -0.39 is 0 Å². The maximum atomic E-state index is 10.5. The van der Waals surface area contributed by atoms with E-state index in [1.165, 1.54) is 11.1 Å². The highest BCUT2D eigenvalue weighted by Gasteiger charge is 2.27. The van der Waals surface area contributed by atoms with Gasteiger partial charge in [0, 0.05) is 5.56 Å². The van der Waals surface area contributed by atoms with Crippen molar-refractivity contribution in [2.45, 2.75) is 151 Å². The molecule has 0 saturated carbocycles. The Morgan fingerprint density at radius 1 is 0.500 bits per heavy atom. The zero-order valence-corrected chi connectivity index (χ0v) is 32.5. The summed E-state index contributed by atoms with van der Waals surface area (Å²) in [5.41, 5.74) is 7.49. The van der Waals surface area contributed by atoms with Crippen molar-refractivity contribution in [3.63, 3.8) is 0 Å². The van der Waals surface area contributed by atoms with Gasteiger partial charge in [-0.05, 0) is 86.4 Å². The third kappa shape index (κ3) is 11.3. The van der Waals surface area contributed by atoms with Crippen LogP contribution in [0.15, 0.2) is 42.5 Å². The minimum atomic E-state index is -0.0569. The lowest BCUT2D eigenvalue weighted by molar-refractivity contribution is 0.405. The normalized spacial score (nSPS) is 12.5. The number of phenolic OH excluding ortho intramolecular Hbond substituents is 3. The van der Waals surface area contributed by atoms with Crippen molar-refractivity contribution in [1.82, 2.24) is 0 Å². The fourth-order valence-corrected chi connectivity index (χ4v) is 5.21. The van der Waals surface area contributed by atoms with Crippen LogP contribution in [0.3, 0.4) is 0 Å². The quantitative estimate of drug-likeness (QED) is 0.262. The smallest absolute Gasteiger partial charge is 0.123 e. The number of rotatable bonds is 2. The molecule has 0 aliphatic carbocycles. The van der Waals surface area contributed by atoms with Crippen molar-refractivity contribution >= 4 is 0 Å². The van der Waals surface area contributed by atoms with Crippen molar-refractivity contribution in [2.24, 2.45) is 0 Å². The van der Waals surface area contributed by atoms with Crippen LogP contribution >= 0.6 is 0 Å². The highest BCUT2D eigenvalue weighted by atomic mass is 16.5. The Labute approximate surface area is 282 Å². The van der Waals surface area contributed by atoms with Crippen LogP contribution in [0, 0.1) is 6.92 Å². The van der Waals surface area contributed by atoms with Gasteiger partial charge < -0.3 is 20.1 Å². The molecule has 0 radical (unpaired) electrons. The van der Waals surface area contributed by atoms with E-state index in [0.717, 1.165) is 40.0 Å². The van der Waals surface area contributed by atoms with Crippen molar-refractivity contribution in [1.29, 1.82) is 0 Å². The Hall–Kier alpha value is -3.14. The summed E-state index contributed by atoms with van der Waals surface area (Å²) in [5.74, 6) is 2.05. The van der Waals surface area contributed by atoms with E-state index in [0.29, 0.717) is 17.2 Å². The fourth-order valence-electron chi connectivity index (χ4n) is 5.21. The summed E-state index contributed by atoms with van der Waals surface area (Å²) in [7, 11) is 1.62. The van der Waals surface area contributed by atoms with Crippen LogP contribution in [0.1, 0.15) is 150 Å². The summed E-state index contributed by atoms with van der Waals surface area (Å²) < 4.78 is 5.09. The first kappa shape index (κ1) is 40.9. The molecule has 0 aliphatic rings. The van der Waals surface area contributed by atoms with Gasteiger partial charge in [-0.2, -0.15) is 0 Å². The lowest BCUT2D eigenvalue weighted by Gasteiger charge is -2.28. The Morgan fingerprint density at radius 2 is 0.826 bits per heavy atom. The molecule has 46 heavy (non-hydrogen) atoms. The van der Waals surface area contributed by atoms with E-state index >= 15 is 0 Å². The highest BCUT2D eigenvalue weighted by molar-refractivity contribution is 5.51. The number of aromatic hydroxyl groups is 3. The molecule has 0 fully saturated rings. The summed E-state index contributed by atoms with van der Waals surface area (Å²) in [6.45, 7) is 36.1. The molecule has 3 N–H and O–H groups in total. The van der Waals surface area contributed by atoms with Crippen LogP contribution < -0.4 is 4.74 Å². The molecular weight excluding hydrogens is 568 g/mol. The molecule has 3 aromatic rings. The Balaban J connectivity index is 0.000000348. The van der Waals surface area contributed by atoms with Crippen LogP contribution in [0.2, 0.25) is 0 Å². The van der Waals surface area contributed by atoms with E-state index in [-0.39, 0.29) is 27.1 Å². The number of phenols is 3.